The molecule has 1 aromatic carbocycles. The number of carboxylic acid groups (broad SMARTS) is 1. The Bertz CT molecular complexity index is 1340. The number of anilines is 1. The minimum Gasteiger partial charge on any atom is -0.480 e. The maximum atomic E-state index is 13.4. The fraction of sp³-hybridized carbons (Fsp3) is 0.429. The average Bonchev–Trinajstić information content (AvgIpc) is 3.55. The second-order valence-corrected chi connectivity index (χ2v) is 10.9. The van der Waals surface area contributed by atoms with E-state index in [2.05, 4.69) is 21.7 Å². The van der Waals surface area contributed by atoms with Gasteiger partial charge in [-0.05, 0) is 50.3 Å². The molecule has 1 aliphatic rings. The van der Waals surface area contributed by atoms with Gasteiger partial charge < -0.3 is 29.6 Å². The lowest BCUT2D eigenvalue weighted by Gasteiger charge is -2.29. The number of carbonyl (C=O) groups is 2. The number of thiophene rings is 1. The smallest absolute Gasteiger partial charge is 0.328 e. The molecule has 3 aromatic rings. The molecular formula is C28H32N4O6S. The van der Waals surface area contributed by atoms with Gasteiger partial charge in [0.05, 0.1) is 35.2 Å². The van der Waals surface area contributed by atoms with Crippen molar-refractivity contribution in [1.29, 1.82) is 5.26 Å². The highest BCUT2D eigenvalue weighted by Crippen LogP contribution is 2.40. The Kier molecular flexibility index (Phi) is 9.01. The van der Waals surface area contributed by atoms with Crippen LogP contribution >= 0.6 is 11.3 Å². The number of carboxylic acids is 1. The van der Waals surface area contributed by atoms with Crippen molar-refractivity contribution in [2.45, 2.75) is 57.8 Å². The number of hydrogen-bond donors (Lipinski definition) is 3. The maximum Gasteiger partial charge on any atom is 0.328 e. The molecule has 2 aromatic heterocycles. The molecule has 1 atom stereocenters. The number of benzene rings is 1. The molecule has 4 rings (SSSR count). The number of hydrogen-bond acceptors (Lipinski definition) is 9. The van der Waals surface area contributed by atoms with E-state index >= 15 is 0 Å². The van der Waals surface area contributed by atoms with Gasteiger partial charge in [0.15, 0.2) is 0 Å². The number of nitriles is 1. The Morgan fingerprint density at radius 3 is 2.72 bits per heavy atom. The first-order valence-corrected chi connectivity index (χ1v) is 13.5. The van der Waals surface area contributed by atoms with Gasteiger partial charge in [-0.1, -0.05) is 24.3 Å². The van der Waals surface area contributed by atoms with Crippen molar-refractivity contribution in [2.75, 3.05) is 25.1 Å². The lowest BCUT2D eigenvalue weighted by atomic mass is 9.99. The number of rotatable bonds is 11. The van der Waals surface area contributed by atoms with Crippen LogP contribution in [0, 0.1) is 18.3 Å². The minimum absolute atomic E-state index is 0.00669. The van der Waals surface area contributed by atoms with Gasteiger partial charge in [0.25, 0.3) is 5.91 Å². The number of ether oxygens (including phenoxy) is 2. The standard InChI is InChI=1S/C28H32N4O6S/c1-17-22(24(33)32-28(2,3)27(34)35)26(39-23(17)25-30-12-15-37-25)31-16-21(38-19-9-13-36-14-10-19)20-7-5-4-6-18(20)8-11-29/h4-7,12,15,19,21,31H,8-10,13-14,16H2,1-3H3,(H,32,33)(H,34,35). The van der Waals surface area contributed by atoms with E-state index in [4.69, 9.17) is 13.9 Å². The first kappa shape index (κ1) is 28.3. The molecule has 1 unspecified atom stereocenters. The number of amides is 1. The van der Waals surface area contributed by atoms with E-state index in [0.717, 1.165) is 24.0 Å². The number of nitrogens with one attached hydrogen (secondary N) is 2. The van der Waals surface area contributed by atoms with Gasteiger partial charge in [0.2, 0.25) is 5.89 Å². The second-order valence-electron chi connectivity index (χ2n) is 9.83. The van der Waals surface area contributed by atoms with E-state index in [-0.39, 0.29) is 12.5 Å². The molecule has 0 spiro atoms. The largest absolute Gasteiger partial charge is 0.480 e. The molecule has 1 fully saturated rings. The fourth-order valence-corrected chi connectivity index (χ4v) is 5.56. The summed E-state index contributed by atoms with van der Waals surface area (Å²) >= 11 is 1.30. The molecule has 1 amide bonds. The lowest BCUT2D eigenvalue weighted by molar-refractivity contribution is -0.143. The van der Waals surface area contributed by atoms with E-state index in [1.165, 1.54) is 37.6 Å². The van der Waals surface area contributed by atoms with Gasteiger partial charge in [-0.15, -0.1) is 11.3 Å². The Balaban J connectivity index is 1.67. The van der Waals surface area contributed by atoms with E-state index < -0.39 is 23.5 Å². The van der Waals surface area contributed by atoms with Crippen LogP contribution < -0.4 is 10.6 Å². The molecule has 3 N–H and O–H groups in total. The third-order valence-electron chi connectivity index (χ3n) is 6.61. The summed E-state index contributed by atoms with van der Waals surface area (Å²) in [4.78, 5) is 30.0. The molecule has 3 heterocycles. The number of oxazole rings is 1. The van der Waals surface area contributed by atoms with E-state index in [0.29, 0.717) is 46.7 Å². The van der Waals surface area contributed by atoms with Crippen molar-refractivity contribution >= 4 is 28.2 Å². The van der Waals surface area contributed by atoms with Gasteiger partial charge in [-0.25, -0.2) is 9.78 Å². The molecule has 11 heteroatoms. The molecule has 0 aliphatic carbocycles. The third-order valence-corrected chi connectivity index (χ3v) is 7.84. The van der Waals surface area contributed by atoms with Gasteiger partial charge in [-0.3, -0.25) is 4.79 Å². The topological polar surface area (TPSA) is 147 Å². The fourth-order valence-electron chi connectivity index (χ4n) is 4.41. The average molecular weight is 553 g/mol. The monoisotopic (exact) mass is 552 g/mol. The van der Waals surface area contributed by atoms with Crippen molar-refractivity contribution in [3.8, 4) is 16.8 Å². The molecule has 0 radical (unpaired) electrons. The summed E-state index contributed by atoms with van der Waals surface area (Å²) in [6.45, 7) is 6.20. The summed E-state index contributed by atoms with van der Waals surface area (Å²) in [7, 11) is 0. The number of nitrogens with zero attached hydrogens (tertiary/aromatic N) is 2. The van der Waals surface area contributed by atoms with Crippen LogP contribution in [0.2, 0.25) is 0 Å². The van der Waals surface area contributed by atoms with Gasteiger partial charge in [-0.2, -0.15) is 5.26 Å². The Hall–Kier alpha value is -3.72. The van der Waals surface area contributed by atoms with Gasteiger partial charge >= 0.3 is 5.97 Å². The van der Waals surface area contributed by atoms with Crippen LogP contribution in [0.25, 0.3) is 10.8 Å². The maximum absolute atomic E-state index is 13.4. The zero-order chi connectivity index (χ0) is 28.0. The molecule has 10 nitrogen and oxygen atoms in total. The summed E-state index contributed by atoms with van der Waals surface area (Å²) in [6, 6.07) is 9.91. The second kappa shape index (κ2) is 12.4. The Labute approximate surface area is 231 Å². The van der Waals surface area contributed by atoms with Gasteiger partial charge in [0, 0.05) is 19.8 Å². The Morgan fingerprint density at radius 2 is 2.05 bits per heavy atom. The number of carbonyl (C=O) groups excluding carboxylic acids is 1. The Morgan fingerprint density at radius 1 is 1.31 bits per heavy atom. The van der Waals surface area contributed by atoms with Crippen LogP contribution in [0.1, 0.15) is 59.8 Å². The molecule has 0 bridgehead atoms. The van der Waals surface area contributed by atoms with Crippen LogP contribution in [-0.4, -0.2) is 53.4 Å². The summed E-state index contributed by atoms with van der Waals surface area (Å²) < 4.78 is 17.5. The predicted molar refractivity (Wildman–Crippen MR) is 146 cm³/mol. The zero-order valence-corrected chi connectivity index (χ0v) is 23.0. The van der Waals surface area contributed by atoms with E-state index in [9.17, 15) is 20.0 Å². The summed E-state index contributed by atoms with van der Waals surface area (Å²) in [5, 5.41) is 25.5. The van der Waals surface area contributed by atoms with E-state index in [1.54, 1.807) is 6.92 Å². The normalized spacial score (nSPS) is 14.9. The van der Waals surface area contributed by atoms with Crippen molar-refractivity contribution in [3.63, 3.8) is 0 Å². The van der Waals surface area contributed by atoms with Crippen LogP contribution in [0.15, 0.2) is 41.1 Å². The van der Waals surface area contributed by atoms with Crippen LogP contribution in [-0.2, 0) is 20.7 Å². The van der Waals surface area contributed by atoms with Crippen LogP contribution in [0.4, 0.5) is 5.00 Å². The van der Waals surface area contributed by atoms with Crippen molar-refractivity contribution in [1.82, 2.24) is 10.3 Å². The first-order chi connectivity index (χ1) is 18.7. The highest BCUT2D eigenvalue weighted by atomic mass is 32.1. The summed E-state index contributed by atoms with van der Waals surface area (Å²) in [5.74, 6) is -1.31. The third kappa shape index (κ3) is 6.65. The molecule has 206 valence electrons. The first-order valence-electron chi connectivity index (χ1n) is 12.7. The highest BCUT2D eigenvalue weighted by molar-refractivity contribution is 7.20. The van der Waals surface area contributed by atoms with Crippen molar-refractivity contribution in [3.05, 3.63) is 59.0 Å². The zero-order valence-electron chi connectivity index (χ0n) is 22.2. The minimum atomic E-state index is -1.48. The number of aliphatic carboxylic acids is 1. The van der Waals surface area contributed by atoms with Gasteiger partial charge in [0.1, 0.15) is 22.9 Å². The summed E-state index contributed by atoms with van der Waals surface area (Å²) in [5.41, 5.74) is 1.24. The van der Waals surface area contributed by atoms with Crippen molar-refractivity contribution in [2.24, 2.45) is 0 Å². The lowest BCUT2D eigenvalue weighted by Crippen LogP contribution is -2.49. The molecule has 0 saturated carbocycles. The van der Waals surface area contributed by atoms with Crippen LogP contribution in [0.5, 0.6) is 0 Å². The van der Waals surface area contributed by atoms with Crippen LogP contribution in [0.3, 0.4) is 0 Å². The van der Waals surface area contributed by atoms with Crippen molar-refractivity contribution < 1.29 is 28.6 Å². The molecule has 39 heavy (non-hydrogen) atoms. The quantitative estimate of drug-likeness (QED) is 0.307. The highest BCUT2D eigenvalue weighted by Gasteiger charge is 2.33. The molecular weight excluding hydrogens is 520 g/mol. The molecule has 1 aliphatic heterocycles. The number of aromatic nitrogens is 1. The predicted octanol–water partition coefficient (Wildman–Crippen LogP) is 4.72. The summed E-state index contributed by atoms with van der Waals surface area (Å²) in [6.07, 6.45) is 4.35. The molecule has 1 saturated heterocycles. The van der Waals surface area contributed by atoms with E-state index in [1.807, 2.05) is 24.3 Å². The SMILES string of the molecule is Cc1c(-c2ncco2)sc(NCC(OC2CCOCC2)c2ccccc2CC#N)c1C(=O)NC(C)(C)C(=O)O.